The molecule has 9 nitrogen and oxygen atoms in total. The van der Waals surface area contributed by atoms with Crippen LogP contribution in [0.2, 0.25) is 0 Å². The van der Waals surface area contributed by atoms with E-state index in [1.807, 2.05) is 0 Å². The van der Waals surface area contributed by atoms with Gasteiger partial charge in [0.05, 0.1) is 29.1 Å². The van der Waals surface area contributed by atoms with Crippen LogP contribution >= 0.6 is 9.24 Å². The highest BCUT2D eigenvalue weighted by Gasteiger charge is 2.35. The molecule has 178 valence electrons. The van der Waals surface area contributed by atoms with Crippen LogP contribution in [-0.2, 0) is 11.0 Å². The first-order chi connectivity index (χ1) is 15.7. The number of nitrogens with zero attached hydrogens (tertiary/aromatic N) is 4. The summed E-state index contributed by atoms with van der Waals surface area (Å²) in [4.78, 5) is 10.6. The smallest absolute Gasteiger partial charge is 0.226 e. The normalized spacial score (nSPS) is 23.1. The van der Waals surface area contributed by atoms with E-state index >= 15 is 0 Å². The van der Waals surface area contributed by atoms with E-state index in [9.17, 15) is 18.1 Å². The third kappa shape index (κ3) is 5.29. The summed E-state index contributed by atoms with van der Waals surface area (Å²) in [6.07, 6.45) is 0.114. The lowest BCUT2D eigenvalue weighted by Crippen LogP contribution is -2.55. The van der Waals surface area contributed by atoms with Gasteiger partial charge in [0, 0.05) is 37.8 Å². The fourth-order valence-corrected chi connectivity index (χ4v) is 4.74. The molecular formula is C20H26F2N7O2PS. The van der Waals surface area contributed by atoms with Gasteiger partial charge in [-0.05, 0) is 17.7 Å². The van der Waals surface area contributed by atoms with Gasteiger partial charge in [-0.25, -0.2) is 17.3 Å². The number of nitrogens with one attached hydrogen (secondary N) is 3. The summed E-state index contributed by atoms with van der Waals surface area (Å²) in [6, 6.07) is 6.73. The van der Waals surface area contributed by atoms with Crippen molar-refractivity contribution in [3.8, 4) is 0 Å². The van der Waals surface area contributed by atoms with Gasteiger partial charge in [-0.2, -0.15) is 9.97 Å². The summed E-state index contributed by atoms with van der Waals surface area (Å²) >= 11 is 0. The molecule has 2 aliphatic heterocycles. The number of aliphatic hydroxyl groups is 1. The second-order valence-corrected chi connectivity index (χ2v) is 9.98. The number of benzene rings is 1. The molecule has 4 rings (SSSR count). The summed E-state index contributed by atoms with van der Waals surface area (Å²) in [7, 11) is 1.04. The lowest BCUT2D eigenvalue weighted by molar-refractivity contribution is 0.118. The Morgan fingerprint density at radius 2 is 2.09 bits per heavy atom. The SMILES string of the molecule is CS(=O)N1CC(Nc2nc(Nc3cccc(C(F)P)c3)c(C=N)c(N3CC(O)[C@H](F)C3)n2)C1. The van der Waals surface area contributed by atoms with E-state index < -0.39 is 29.2 Å². The molecule has 2 fully saturated rings. The van der Waals surface area contributed by atoms with E-state index in [0.29, 0.717) is 41.5 Å². The van der Waals surface area contributed by atoms with E-state index in [1.165, 1.54) is 0 Å². The van der Waals surface area contributed by atoms with Crippen molar-refractivity contribution in [1.29, 1.82) is 5.41 Å². The topological polar surface area (TPSA) is 117 Å². The Hall–Kier alpha value is -2.27. The van der Waals surface area contributed by atoms with Crippen LogP contribution in [0.5, 0.6) is 0 Å². The maximum absolute atomic E-state index is 14.1. The molecule has 2 aliphatic rings. The van der Waals surface area contributed by atoms with Gasteiger partial charge in [0.2, 0.25) is 5.95 Å². The van der Waals surface area contributed by atoms with E-state index in [2.05, 4.69) is 29.8 Å². The molecule has 0 aliphatic carbocycles. The first-order valence-corrected chi connectivity index (χ1v) is 12.5. The zero-order valence-corrected chi connectivity index (χ0v) is 19.9. The van der Waals surface area contributed by atoms with Gasteiger partial charge in [0.25, 0.3) is 0 Å². The quantitative estimate of drug-likeness (QED) is 0.325. The molecule has 0 radical (unpaired) electrons. The number of hydrogen-bond acceptors (Lipinski definition) is 8. The van der Waals surface area contributed by atoms with E-state index in [1.54, 1.807) is 39.7 Å². The van der Waals surface area contributed by atoms with Gasteiger partial charge < -0.3 is 26.0 Å². The van der Waals surface area contributed by atoms with Crippen molar-refractivity contribution in [1.82, 2.24) is 14.3 Å². The van der Waals surface area contributed by atoms with Gasteiger partial charge in [-0.3, -0.25) is 0 Å². The van der Waals surface area contributed by atoms with E-state index in [0.717, 1.165) is 6.21 Å². The second-order valence-electron chi connectivity index (χ2n) is 8.03. The molecule has 0 amide bonds. The van der Waals surface area contributed by atoms with Crippen LogP contribution in [0.4, 0.5) is 32.1 Å². The van der Waals surface area contributed by atoms with Crippen LogP contribution in [-0.4, -0.2) is 80.6 Å². The lowest BCUT2D eigenvalue weighted by Gasteiger charge is -2.37. The molecule has 1 aromatic heterocycles. The highest BCUT2D eigenvalue weighted by molar-refractivity contribution is 7.81. The highest BCUT2D eigenvalue weighted by Crippen LogP contribution is 2.32. The van der Waals surface area contributed by atoms with Crippen LogP contribution < -0.4 is 15.5 Å². The lowest BCUT2D eigenvalue weighted by atomic mass is 10.2. The Kier molecular flexibility index (Phi) is 7.18. The minimum absolute atomic E-state index is 0.0220. The first-order valence-electron chi connectivity index (χ1n) is 10.4. The summed E-state index contributed by atoms with van der Waals surface area (Å²) < 4.78 is 41.2. The standard InChI is InChI=1S/C20H26F2N7O2PS/c1-33(31)29-7-13(8-29)25-20-26-18(24-12-4-2-3-11(5-12)17(22)32)14(6-23)19(27-20)28-9-15(21)16(30)10-28/h2-6,13,15-17,23,30H,7-10,32H2,1H3,(H2,24,25,26,27)/t15-,16?,17?,33?/m1/s1. The van der Waals surface area contributed by atoms with Crippen LogP contribution in [0.25, 0.3) is 0 Å². The summed E-state index contributed by atoms with van der Waals surface area (Å²) in [6.45, 7) is 1.09. The third-order valence-electron chi connectivity index (χ3n) is 5.60. The van der Waals surface area contributed by atoms with Crippen LogP contribution in [0.1, 0.15) is 17.0 Å². The van der Waals surface area contributed by atoms with Crippen molar-refractivity contribution in [2.75, 3.05) is 48.0 Å². The Balaban J connectivity index is 1.67. The van der Waals surface area contributed by atoms with Gasteiger partial charge >= 0.3 is 0 Å². The number of hydrogen-bond donors (Lipinski definition) is 4. The van der Waals surface area contributed by atoms with Crippen molar-refractivity contribution in [2.24, 2.45) is 0 Å². The molecule has 13 heteroatoms. The molecule has 1 aromatic carbocycles. The number of rotatable bonds is 8. The van der Waals surface area contributed by atoms with Crippen LogP contribution in [0, 0.1) is 5.41 Å². The number of β-amino-alcohol motifs (C(OH)–C–C–N with tert-alkyl or cyclic N) is 1. The predicted molar refractivity (Wildman–Crippen MR) is 129 cm³/mol. The average molecular weight is 498 g/mol. The minimum atomic E-state index is -1.42. The number of anilines is 4. The number of alkyl halides is 2. The van der Waals surface area contributed by atoms with Crippen LogP contribution in [0.3, 0.4) is 0 Å². The molecule has 2 aromatic rings. The summed E-state index contributed by atoms with van der Waals surface area (Å²) in [5, 5.41) is 24.2. The Labute approximate surface area is 195 Å². The van der Waals surface area contributed by atoms with Crippen molar-refractivity contribution in [3.05, 3.63) is 35.4 Å². The Morgan fingerprint density at radius 1 is 1.33 bits per heavy atom. The van der Waals surface area contributed by atoms with E-state index in [4.69, 9.17) is 5.41 Å². The number of aliphatic hydroxyl groups excluding tert-OH is 1. The van der Waals surface area contributed by atoms with Crippen molar-refractivity contribution >= 4 is 49.7 Å². The zero-order chi connectivity index (χ0) is 23.7. The maximum atomic E-state index is 14.1. The summed E-state index contributed by atoms with van der Waals surface area (Å²) in [5.41, 5.74) is 1.34. The fourth-order valence-electron chi connectivity index (χ4n) is 3.76. The molecule has 4 unspecified atom stereocenters. The Bertz CT molecular complexity index is 1050. The number of halogens is 2. The molecule has 2 saturated heterocycles. The first kappa shape index (κ1) is 23.9. The molecule has 3 heterocycles. The second kappa shape index (κ2) is 9.92. The highest BCUT2D eigenvalue weighted by atomic mass is 32.2. The predicted octanol–water partition coefficient (Wildman–Crippen LogP) is 1.97. The molecular weight excluding hydrogens is 471 g/mol. The molecule has 0 spiro atoms. The Morgan fingerprint density at radius 3 is 2.70 bits per heavy atom. The van der Waals surface area contributed by atoms with Crippen molar-refractivity contribution < 1.29 is 18.1 Å². The molecule has 5 atom stereocenters. The van der Waals surface area contributed by atoms with Gasteiger partial charge in [0.15, 0.2) is 0 Å². The van der Waals surface area contributed by atoms with E-state index in [-0.39, 0.29) is 25.1 Å². The average Bonchev–Trinajstić information content (AvgIpc) is 3.08. The number of aromatic nitrogens is 2. The van der Waals surface area contributed by atoms with Crippen molar-refractivity contribution in [2.45, 2.75) is 24.2 Å². The molecule has 4 N–H and O–H groups in total. The van der Waals surface area contributed by atoms with Crippen molar-refractivity contribution in [3.63, 3.8) is 0 Å². The third-order valence-corrected chi connectivity index (χ3v) is 7.01. The molecule has 0 bridgehead atoms. The van der Waals surface area contributed by atoms with Gasteiger partial charge in [-0.1, -0.05) is 21.4 Å². The zero-order valence-electron chi connectivity index (χ0n) is 17.9. The van der Waals surface area contributed by atoms with Gasteiger partial charge in [-0.15, -0.1) is 0 Å². The molecule has 33 heavy (non-hydrogen) atoms. The minimum Gasteiger partial charge on any atom is -0.388 e. The monoisotopic (exact) mass is 497 g/mol. The largest absolute Gasteiger partial charge is 0.388 e. The van der Waals surface area contributed by atoms with Gasteiger partial charge in [0.1, 0.15) is 29.8 Å². The van der Waals surface area contributed by atoms with Crippen LogP contribution in [0.15, 0.2) is 24.3 Å². The molecule has 0 saturated carbocycles. The maximum Gasteiger partial charge on any atom is 0.226 e. The summed E-state index contributed by atoms with van der Waals surface area (Å²) in [5.74, 6) is -0.372. The fraction of sp³-hybridized carbons (Fsp3) is 0.450.